The van der Waals surface area contributed by atoms with Gasteiger partial charge in [-0.3, -0.25) is 9.59 Å². The Morgan fingerprint density at radius 3 is 2.63 bits per heavy atom. The second kappa shape index (κ2) is 8.91. The number of para-hydroxylation sites is 1. The van der Waals surface area contributed by atoms with Crippen molar-refractivity contribution in [2.24, 2.45) is 0 Å². The Bertz CT molecular complexity index is 1130. The number of aromatic nitrogens is 2. The topological polar surface area (TPSA) is 89.2 Å². The first-order valence-electron chi connectivity index (χ1n) is 9.51. The largest absolute Gasteiger partial charge is 0.459 e. The maximum atomic E-state index is 12.5. The van der Waals surface area contributed by atoms with Crippen LogP contribution in [0.1, 0.15) is 26.5 Å². The van der Waals surface area contributed by atoms with Crippen molar-refractivity contribution >= 4 is 17.5 Å². The molecule has 4 aromatic rings. The second-order valence-electron chi connectivity index (χ2n) is 6.65. The van der Waals surface area contributed by atoms with Crippen LogP contribution in [0.4, 0.5) is 5.69 Å². The van der Waals surface area contributed by atoms with Crippen molar-refractivity contribution in [3.63, 3.8) is 0 Å². The van der Waals surface area contributed by atoms with Crippen molar-refractivity contribution in [3.05, 3.63) is 102 Å². The monoisotopic (exact) mass is 400 g/mol. The Balaban J connectivity index is 1.31. The molecule has 30 heavy (non-hydrogen) atoms. The third-order valence-electron chi connectivity index (χ3n) is 4.48. The number of anilines is 1. The zero-order chi connectivity index (χ0) is 20.8. The van der Waals surface area contributed by atoms with Crippen LogP contribution in [0.3, 0.4) is 0 Å². The minimum absolute atomic E-state index is 0.209. The number of rotatable bonds is 7. The Hall–Kier alpha value is -4.13. The van der Waals surface area contributed by atoms with Crippen molar-refractivity contribution < 1.29 is 14.0 Å². The third-order valence-corrected chi connectivity index (χ3v) is 4.48. The third kappa shape index (κ3) is 4.64. The molecule has 2 aromatic carbocycles. The van der Waals surface area contributed by atoms with Crippen LogP contribution >= 0.6 is 0 Å². The van der Waals surface area contributed by atoms with Gasteiger partial charge in [0.2, 0.25) is 0 Å². The second-order valence-corrected chi connectivity index (χ2v) is 6.65. The molecule has 2 amide bonds. The van der Waals surface area contributed by atoms with E-state index in [2.05, 4.69) is 15.7 Å². The molecule has 0 radical (unpaired) electrons. The summed E-state index contributed by atoms with van der Waals surface area (Å²) < 4.78 is 6.88. The van der Waals surface area contributed by atoms with Gasteiger partial charge < -0.3 is 15.1 Å². The number of amides is 2. The minimum atomic E-state index is -0.368. The first-order valence-corrected chi connectivity index (χ1v) is 9.51. The summed E-state index contributed by atoms with van der Waals surface area (Å²) in [4.78, 5) is 24.5. The van der Waals surface area contributed by atoms with E-state index in [0.29, 0.717) is 24.2 Å². The highest BCUT2D eigenvalue weighted by molar-refractivity contribution is 6.03. The predicted molar refractivity (Wildman–Crippen MR) is 113 cm³/mol. The molecule has 0 saturated heterocycles. The molecule has 2 aromatic heterocycles. The minimum Gasteiger partial charge on any atom is -0.459 e. The average Bonchev–Trinajstić information content (AvgIpc) is 3.47. The molecule has 0 spiro atoms. The van der Waals surface area contributed by atoms with Crippen molar-refractivity contribution in [1.82, 2.24) is 15.1 Å². The molecule has 0 aliphatic heterocycles. The van der Waals surface area contributed by atoms with Gasteiger partial charge in [0.15, 0.2) is 5.76 Å². The van der Waals surface area contributed by atoms with E-state index in [1.807, 2.05) is 41.2 Å². The average molecular weight is 400 g/mol. The fourth-order valence-electron chi connectivity index (χ4n) is 2.97. The summed E-state index contributed by atoms with van der Waals surface area (Å²) >= 11 is 0. The van der Waals surface area contributed by atoms with E-state index >= 15 is 0 Å². The maximum Gasteiger partial charge on any atom is 0.291 e. The van der Waals surface area contributed by atoms with Crippen LogP contribution in [-0.2, 0) is 6.42 Å². The van der Waals surface area contributed by atoms with Crippen molar-refractivity contribution in [2.45, 2.75) is 6.42 Å². The molecule has 150 valence electrons. The number of nitrogens with one attached hydrogen (secondary N) is 2. The van der Waals surface area contributed by atoms with Gasteiger partial charge in [-0.25, -0.2) is 4.68 Å². The van der Waals surface area contributed by atoms with Gasteiger partial charge in [0.1, 0.15) is 0 Å². The van der Waals surface area contributed by atoms with E-state index in [-0.39, 0.29) is 17.6 Å². The van der Waals surface area contributed by atoms with E-state index in [4.69, 9.17) is 4.42 Å². The van der Waals surface area contributed by atoms with Crippen LogP contribution < -0.4 is 10.6 Å². The van der Waals surface area contributed by atoms with Crippen molar-refractivity contribution in [3.8, 4) is 5.69 Å². The summed E-state index contributed by atoms with van der Waals surface area (Å²) in [6.07, 6.45) is 5.84. The predicted octanol–water partition coefficient (Wildman–Crippen LogP) is 3.69. The molecule has 0 aliphatic carbocycles. The maximum absolute atomic E-state index is 12.5. The van der Waals surface area contributed by atoms with Gasteiger partial charge in [-0.05, 0) is 54.4 Å². The molecule has 0 aliphatic rings. The normalized spacial score (nSPS) is 10.5. The highest BCUT2D eigenvalue weighted by atomic mass is 16.3. The summed E-state index contributed by atoms with van der Waals surface area (Å²) in [6.45, 7) is 0.475. The highest BCUT2D eigenvalue weighted by Crippen LogP contribution is 2.13. The molecule has 2 heterocycles. The zero-order valence-electron chi connectivity index (χ0n) is 16.1. The summed E-state index contributed by atoms with van der Waals surface area (Å²) in [5, 5.41) is 9.97. The van der Waals surface area contributed by atoms with E-state index in [9.17, 15) is 9.59 Å². The molecule has 7 nitrogen and oxygen atoms in total. The van der Waals surface area contributed by atoms with Gasteiger partial charge in [-0.2, -0.15) is 5.10 Å². The SMILES string of the molecule is O=C(NCCc1cnn(-c2ccccc2)c1)c1cccc(NC(=O)c2ccco2)c1. The quantitative estimate of drug-likeness (QED) is 0.495. The van der Waals surface area contributed by atoms with Crippen LogP contribution in [0.2, 0.25) is 0 Å². The van der Waals surface area contributed by atoms with Gasteiger partial charge in [0.25, 0.3) is 11.8 Å². The summed E-state index contributed by atoms with van der Waals surface area (Å²) in [5.41, 5.74) is 3.00. The van der Waals surface area contributed by atoms with Crippen LogP contribution in [0.15, 0.2) is 89.8 Å². The number of furan rings is 1. The Labute approximate surface area is 173 Å². The van der Waals surface area contributed by atoms with Gasteiger partial charge in [0, 0.05) is 24.0 Å². The van der Waals surface area contributed by atoms with E-state index in [1.165, 1.54) is 6.26 Å². The lowest BCUT2D eigenvalue weighted by Crippen LogP contribution is -2.25. The standard InChI is InChI=1S/C23H20N4O3/c28-22(18-6-4-7-19(14-18)26-23(29)21-10-5-13-30-21)24-12-11-17-15-25-27(16-17)20-8-2-1-3-9-20/h1-10,13-16H,11-12H2,(H,24,28)(H,26,29). The molecular weight excluding hydrogens is 380 g/mol. The number of hydrogen-bond donors (Lipinski definition) is 2. The van der Waals surface area contributed by atoms with E-state index in [1.54, 1.807) is 42.6 Å². The Morgan fingerprint density at radius 1 is 0.967 bits per heavy atom. The first-order chi connectivity index (χ1) is 14.7. The van der Waals surface area contributed by atoms with Crippen LogP contribution in [-0.4, -0.2) is 28.1 Å². The number of carbonyl (C=O) groups is 2. The van der Waals surface area contributed by atoms with Crippen LogP contribution in [0.5, 0.6) is 0 Å². The lowest BCUT2D eigenvalue weighted by Gasteiger charge is -2.07. The Kier molecular flexibility index (Phi) is 5.70. The molecular formula is C23H20N4O3. The lowest BCUT2D eigenvalue weighted by atomic mass is 10.1. The summed E-state index contributed by atoms with van der Waals surface area (Å²) in [7, 11) is 0. The molecule has 0 saturated carbocycles. The molecule has 0 bridgehead atoms. The van der Waals surface area contributed by atoms with Crippen LogP contribution in [0, 0.1) is 0 Å². The van der Waals surface area contributed by atoms with Gasteiger partial charge in [0.05, 0.1) is 18.1 Å². The molecule has 0 atom stereocenters. The lowest BCUT2D eigenvalue weighted by molar-refractivity contribution is 0.0952. The molecule has 7 heteroatoms. The molecule has 0 unspecified atom stereocenters. The number of nitrogens with zero attached hydrogens (tertiary/aromatic N) is 2. The van der Waals surface area contributed by atoms with E-state index < -0.39 is 0 Å². The molecule has 4 rings (SSSR count). The first kappa shape index (κ1) is 19.2. The number of benzene rings is 2. The Morgan fingerprint density at radius 2 is 1.83 bits per heavy atom. The zero-order valence-corrected chi connectivity index (χ0v) is 16.1. The number of hydrogen-bond acceptors (Lipinski definition) is 4. The number of carbonyl (C=O) groups excluding carboxylic acids is 2. The van der Waals surface area contributed by atoms with Gasteiger partial charge in [-0.1, -0.05) is 24.3 Å². The van der Waals surface area contributed by atoms with Gasteiger partial charge in [-0.15, -0.1) is 0 Å². The molecule has 0 fully saturated rings. The fourth-order valence-corrected chi connectivity index (χ4v) is 2.97. The highest BCUT2D eigenvalue weighted by Gasteiger charge is 2.11. The van der Waals surface area contributed by atoms with Crippen molar-refractivity contribution in [1.29, 1.82) is 0 Å². The smallest absolute Gasteiger partial charge is 0.291 e. The molecule has 2 N–H and O–H groups in total. The fraction of sp³-hybridized carbons (Fsp3) is 0.0870. The van der Waals surface area contributed by atoms with Crippen molar-refractivity contribution in [2.75, 3.05) is 11.9 Å². The van der Waals surface area contributed by atoms with E-state index in [0.717, 1.165) is 11.3 Å². The van der Waals surface area contributed by atoms with Crippen LogP contribution in [0.25, 0.3) is 5.69 Å². The van der Waals surface area contributed by atoms with Gasteiger partial charge >= 0.3 is 0 Å². The summed E-state index contributed by atoms with van der Waals surface area (Å²) in [5.74, 6) is -0.367. The summed E-state index contributed by atoms with van der Waals surface area (Å²) in [6, 6.07) is 19.8.